The Balaban J connectivity index is 2.81. The predicted octanol–water partition coefficient (Wildman–Crippen LogP) is 1.76. The fourth-order valence-electron chi connectivity index (χ4n) is 1.24. The van der Waals surface area contributed by atoms with Crippen LogP contribution in [0.4, 0.5) is 10.5 Å². The third-order valence-electron chi connectivity index (χ3n) is 2.08. The van der Waals surface area contributed by atoms with Crippen LogP contribution in [0.3, 0.4) is 0 Å². The number of hydrogen-bond donors (Lipinski definition) is 1. The van der Waals surface area contributed by atoms with E-state index in [0.717, 1.165) is 10.5 Å². The Morgan fingerprint density at radius 2 is 2.00 bits per heavy atom. The van der Waals surface area contributed by atoms with Gasteiger partial charge in [-0.1, -0.05) is 17.7 Å². The van der Waals surface area contributed by atoms with Crippen molar-refractivity contribution < 1.29 is 14.8 Å². The summed E-state index contributed by atoms with van der Waals surface area (Å²) in [5, 5.41) is 19.1. The van der Waals surface area contributed by atoms with Gasteiger partial charge in [0.25, 0.3) is 0 Å². The lowest BCUT2D eigenvalue weighted by Crippen LogP contribution is -2.33. The third kappa shape index (κ3) is 3.23. The highest BCUT2D eigenvalue weighted by molar-refractivity contribution is 5.85. The molecule has 0 atom stereocenters. The van der Waals surface area contributed by atoms with Crippen LogP contribution in [-0.2, 0) is 0 Å². The summed E-state index contributed by atoms with van der Waals surface area (Å²) in [6.07, 6.45) is -1.19. The van der Waals surface area contributed by atoms with Crippen molar-refractivity contribution in [3.05, 3.63) is 39.9 Å². The summed E-state index contributed by atoms with van der Waals surface area (Å²) in [5.41, 5.74) is 1.45. The minimum absolute atomic E-state index is 0.147. The van der Waals surface area contributed by atoms with Gasteiger partial charge in [0, 0.05) is 10.6 Å². The maximum Gasteiger partial charge on any atom is 0.412 e. The van der Waals surface area contributed by atoms with Crippen LogP contribution in [0.5, 0.6) is 0 Å². The van der Waals surface area contributed by atoms with Gasteiger partial charge in [-0.05, 0) is 19.1 Å². The quantitative estimate of drug-likeness (QED) is 0.623. The van der Waals surface area contributed by atoms with E-state index in [4.69, 9.17) is 5.11 Å². The molecule has 1 amide bonds. The average molecular weight is 224 g/mol. The zero-order valence-electron chi connectivity index (χ0n) is 8.79. The van der Waals surface area contributed by atoms with Gasteiger partial charge < -0.3 is 5.11 Å². The van der Waals surface area contributed by atoms with Crippen molar-refractivity contribution in [2.24, 2.45) is 0 Å². The number of nitro groups is 1. The number of carbonyl (C=O) groups is 1. The molecular weight excluding hydrogens is 212 g/mol. The molecule has 16 heavy (non-hydrogen) atoms. The van der Waals surface area contributed by atoms with E-state index in [1.807, 2.05) is 6.92 Å². The second-order valence-corrected chi connectivity index (χ2v) is 3.33. The molecule has 6 nitrogen and oxygen atoms in total. The van der Waals surface area contributed by atoms with Crippen molar-refractivity contribution in [2.45, 2.75) is 6.92 Å². The Bertz CT molecular complexity index is 388. The molecule has 0 spiro atoms. The van der Waals surface area contributed by atoms with E-state index in [1.54, 1.807) is 24.3 Å². The Morgan fingerprint density at radius 3 is 2.44 bits per heavy atom. The van der Waals surface area contributed by atoms with Crippen LogP contribution in [0.2, 0.25) is 0 Å². The van der Waals surface area contributed by atoms with E-state index < -0.39 is 17.6 Å². The largest absolute Gasteiger partial charge is 0.465 e. The van der Waals surface area contributed by atoms with Gasteiger partial charge in [-0.25, -0.2) is 4.79 Å². The smallest absolute Gasteiger partial charge is 0.412 e. The number of hydrogen-bond acceptors (Lipinski definition) is 3. The van der Waals surface area contributed by atoms with Crippen LogP contribution in [0.25, 0.3) is 0 Å². The normalized spacial score (nSPS) is 9.81. The highest BCUT2D eigenvalue weighted by atomic mass is 16.6. The maximum absolute atomic E-state index is 10.9. The number of nitrogens with zero attached hydrogens (tertiary/aromatic N) is 2. The van der Waals surface area contributed by atoms with E-state index >= 15 is 0 Å². The molecule has 0 bridgehead atoms. The highest BCUT2D eigenvalue weighted by Gasteiger charge is 2.16. The summed E-state index contributed by atoms with van der Waals surface area (Å²) in [6, 6.07) is 6.78. The lowest BCUT2D eigenvalue weighted by molar-refractivity contribution is -0.476. The van der Waals surface area contributed by atoms with Crippen LogP contribution in [0.15, 0.2) is 24.3 Å². The minimum atomic E-state index is -1.19. The molecule has 1 aromatic carbocycles. The first-order chi connectivity index (χ1) is 7.50. The standard InChI is InChI=1S/C10H12N2O4/c1-8-2-4-9(5-3-8)11(10(13)14)6-7-12(15)16/h2-5H,6-7H2,1H3,(H,13,14). The molecule has 6 heteroatoms. The minimum Gasteiger partial charge on any atom is -0.465 e. The number of rotatable bonds is 4. The summed E-state index contributed by atoms with van der Waals surface area (Å²) in [6.45, 7) is 1.33. The predicted molar refractivity (Wildman–Crippen MR) is 58.4 cm³/mol. The van der Waals surface area contributed by atoms with Gasteiger partial charge in [-0.15, -0.1) is 0 Å². The summed E-state index contributed by atoms with van der Waals surface area (Å²) in [5.74, 6) is 0. The SMILES string of the molecule is Cc1ccc(N(CC[N+](=O)[O-])C(=O)O)cc1. The van der Waals surface area contributed by atoms with E-state index in [1.165, 1.54) is 0 Å². The van der Waals surface area contributed by atoms with Crippen LogP contribution in [0, 0.1) is 17.0 Å². The first-order valence-corrected chi connectivity index (χ1v) is 4.69. The van der Waals surface area contributed by atoms with Gasteiger partial charge in [0.1, 0.15) is 0 Å². The number of carboxylic acid groups (broad SMARTS) is 1. The fraction of sp³-hybridized carbons (Fsp3) is 0.300. The van der Waals surface area contributed by atoms with Crippen LogP contribution in [-0.4, -0.2) is 29.2 Å². The number of amides is 1. The molecule has 0 aliphatic rings. The van der Waals surface area contributed by atoms with Crippen molar-refractivity contribution in [1.29, 1.82) is 0 Å². The van der Waals surface area contributed by atoms with Crippen molar-refractivity contribution in [2.75, 3.05) is 18.0 Å². The zero-order chi connectivity index (χ0) is 12.1. The molecule has 0 unspecified atom stereocenters. The number of benzene rings is 1. The van der Waals surface area contributed by atoms with Gasteiger partial charge in [-0.2, -0.15) is 0 Å². The zero-order valence-corrected chi connectivity index (χ0v) is 8.79. The molecule has 0 aliphatic heterocycles. The van der Waals surface area contributed by atoms with E-state index in [0.29, 0.717) is 5.69 Å². The summed E-state index contributed by atoms with van der Waals surface area (Å²) in [4.78, 5) is 21.5. The molecule has 86 valence electrons. The molecule has 1 rings (SSSR count). The summed E-state index contributed by atoms with van der Waals surface area (Å²) in [7, 11) is 0. The Hall–Kier alpha value is -2.11. The van der Waals surface area contributed by atoms with Gasteiger partial charge in [0.15, 0.2) is 0 Å². The lowest BCUT2D eigenvalue weighted by Gasteiger charge is -2.17. The van der Waals surface area contributed by atoms with Gasteiger partial charge in [0.2, 0.25) is 6.54 Å². The number of aryl methyl sites for hydroxylation is 1. The highest BCUT2D eigenvalue weighted by Crippen LogP contribution is 2.14. The molecule has 0 radical (unpaired) electrons. The van der Waals surface area contributed by atoms with Crippen molar-refractivity contribution >= 4 is 11.8 Å². The molecule has 0 heterocycles. The van der Waals surface area contributed by atoms with Crippen LogP contribution >= 0.6 is 0 Å². The second-order valence-electron chi connectivity index (χ2n) is 3.33. The molecule has 1 N–H and O–H groups in total. The van der Waals surface area contributed by atoms with Crippen molar-refractivity contribution in [3.8, 4) is 0 Å². The van der Waals surface area contributed by atoms with Gasteiger partial charge in [0.05, 0.1) is 6.54 Å². The second kappa shape index (κ2) is 5.11. The fourth-order valence-corrected chi connectivity index (χ4v) is 1.24. The Kier molecular flexibility index (Phi) is 3.82. The van der Waals surface area contributed by atoms with Crippen LogP contribution in [0.1, 0.15) is 5.56 Å². The molecule has 0 aromatic heterocycles. The van der Waals surface area contributed by atoms with Crippen molar-refractivity contribution in [3.63, 3.8) is 0 Å². The third-order valence-corrected chi connectivity index (χ3v) is 2.08. The summed E-state index contributed by atoms with van der Waals surface area (Å²) >= 11 is 0. The maximum atomic E-state index is 10.9. The molecule has 1 aromatic rings. The lowest BCUT2D eigenvalue weighted by atomic mass is 10.2. The monoisotopic (exact) mass is 224 g/mol. The molecule has 0 fully saturated rings. The topological polar surface area (TPSA) is 83.7 Å². The van der Waals surface area contributed by atoms with Gasteiger partial charge >= 0.3 is 6.09 Å². The molecule has 0 saturated carbocycles. The Morgan fingerprint density at radius 1 is 1.44 bits per heavy atom. The Labute approximate surface area is 92.3 Å². The van der Waals surface area contributed by atoms with E-state index in [-0.39, 0.29) is 6.54 Å². The molecular formula is C10H12N2O4. The van der Waals surface area contributed by atoms with E-state index in [2.05, 4.69) is 0 Å². The van der Waals surface area contributed by atoms with Crippen LogP contribution < -0.4 is 4.90 Å². The average Bonchev–Trinajstić information content (AvgIpc) is 2.20. The summed E-state index contributed by atoms with van der Waals surface area (Å²) < 4.78 is 0. The first kappa shape index (κ1) is 12.0. The number of anilines is 1. The van der Waals surface area contributed by atoms with Crippen molar-refractivity contribution in [1.82, 2.24) is 0 Å². The van der Waals surface area contributed by atoms with E-state index in [9.17, 15) is 14.9 Å². The first-order valence-electron chi connectivity index (χ1n) is 4.69. The van der Waals surface area contributed by atoms with Gasteiger partial charge in [-0.3, -0.25) is 15.0 Å². The molecule has 0 saturated heterocycles. The molecule has 0 aliphatic carbocycles.